The Morgan fingerprint density at radius 1 is 1.71 bits per heavy atom. The molecule has 1 saturated heterocycles. The van der Waals surface area contributed by atoms with Crippen LogP contribution in [-0.2, 0) is 4.74 Å². The van der Waals surface area contributed by atoms with E-state index in [1.807, 2.05) is 4.90 Å². The number of carboxylic acids is 1. The topological polar surface area (TPSA) is 62.7 Å². The highest BCUT2D eigenvalue weighted by molar-refractivity contribution is 5.94. The molecule has 2 rings (SSSR count). The normalized spacial score (nSPS) is 20.3. The first-order valence-electron chi connectivity index (χ1n) is 5.76. The number of morpholine rings is 1. The van der Waals surface area contributed by atoms with Crippen molar-refractivity contribution in [2.75, 3.05) is 24.6 Å². The van der Waals surface area contributed by atoms with Crippen LogP contribution in [0.4, 0.5) is 5.69 Å². The molecule has 0 aromatic carbocycles. The van der Waals surface area contributed by atoms with Gasteiger partial charge < -0.3 is 14.7 Å². The zero-order valence-electron chi connectivity index (χ0n) is 9.80. The average molecular weight is 236 g/mol. The van der Waals surface area contributed by atoms with Crippen molar-refractivity contribution in [2.24, 2.45) is 0 Å². The summed E-state index contributed by atoms with van der Waals surface area (Å²) in [7, 11) is 0. The van der Waals surface area contributed by atoms with Gasteiger partial charge in [0.15, 0.2) is 0 Å². The van der Waals surface area contributed by atoms with Gasteiger partial charge in [-0.3, -0.25) is 4.98 Å². The van der Waals surface area contributed by atoms with Crippen LogP contribution in [0.15, 0.2) is 18.5 Å². The molecule has 0 saturated carbocycles. The van der Waals surface area contributed by atoms with E-state index in [0.29, 0.717) is 24.4 Å². The lowest BCUT2D eigenvalue weighted by Gasteiger charge is -2.34. The van der Waals surface area contributed by atoms with Gasteiger partial charge in [-0.15, -0.1) is 0 Å². The number of anilines is 1. The smallest absolute Gasteiger partial charge is 0.337 e. The molecule has 1 aliphatic heterocycles. The van der Waals surface area contributed by atoms with Crippen LogP contribution >= 0.6 is 0 Å². The number of pyridine rings is 1. The van der Waals surface area contributed by atoms with Gasteiger partial charge >= 0.3 is 5.97 Å². The van der Waals surface area contributed by atoms with Crippen LogP contribution in [0.25, 0.3) is 0 Å². The van der Waals surface area contributed by atoms with E-state index in [1.165, 1.54) is 12.3 Å². The second kappa shape index (κ2) is 5.14. The van der Waals surface area contributed by atoms with Gasteiger partial charge in [-0.2, -0.15) is 0 Å². The van der Waals surface area contributed by atoms with E-state index in [-0.39, 0.29) is 6.10 Å². The second-order valence-electron chi connectivity index (χ2n) is 4.05. The Balaban J connectivity index is 2.24. The summed E-state index contributed by atoms with van der Waals surface area (Å²) in [6.45, 7) is 4.13. The fourth-order valence-corrected chi connectivity index (χ4v) is 2.00. The van der Waals surface area contributed by atoms with E-state index in [0.717, 1.165) is 13.0 Å². The lowest BCUT2D eigenvalue weighted by Crippen LogP contribution is -2.42. The first-order chi connectivity index (χ1) is 8.22. The van der Waals surface area contributed by atoms with Gasteiger partial charge in [0.1, 0.15) is 0 Å². The summed E-state index contributed by atoms with van der Waals surface area (Å²) in [6.07, 6.45) is 4.22. The second-order valence-corrected chi connectivity index (χ2v) is 4.05. The maximum atomic E-state index is 11.1. The predicted octanol–water partition coefficient (Wildman–Crippen LogP) is 1.40. The number of carbonyl (C=O) groups is 1. The van der Waals surface area contributed by atoms with Gasteiger partial charge in [0.25, 0.3) is 0 Å². The molecule has 0 radical (unpaired) electrons. The molecule has 2 heterocycles. The van der Waals surface area contributed by atoms with Crippen molar-refractivity contribution in [3.05, 3.63) is 24.0 Å². The van der Waals surface area contributed by atoms with E-state index in [9.17, 15) is 4.79 Å². The zero-order valence-corrected chi connectivity index (χ0v) is 9.80. The lowest BCUT2D eigenvalue weighted by molar-refractivity contribution is 0.0382. The highest BCUT2D eigenvalue weighted by Gasteiger charge is 2.22. The summed E-state index contributed by atoms with van der Waals surface area (Å²) in [5.41, 5.74) is 0.985. The summed E-state index contributed by atoms with van der Waals surface area (Å²) in [5, 5.41) is 9.13. The van der Waals surface area contributed by atoms with Crippen LogP contribution in [0, 0.1) is 0 Å². The highest BCUT2D eigenvalue weighted by atomic mass is 16.5. The number of aromatic nitrogens is 1. The number of rotatable bonds is 3. The van der Waals surface area contributed by atoms with Crippen molar-refractivity contribution in [1.82, 2.24) is 4.98 Å². The molecule has 0 amide bonds. The third-order valence-corrected chi connectivity index (χ3v) is 2.97. The third-order valence-electron chi connectivity index (χ3n) is 2.97. The van der Waals surface area contributed by atoms with Crippen molar-refractivity contribution < 1.29 is 14.6 Å². The Morgan fingerprint density at radius 2 is 2.53 bits per heavy atom. The molecule has 0 spiro atoms. The fourth-order valence-electron chi connectivity index (χ4n) is 2.00. The Hall–Kier alpha value is -1.62. The Kier molecular flexibility index (Phi) is 3.58. The number of nitrogens with zero attached hydrogens (tertiary/aromatic N) is 2. The van der Waals surface area contributed by atoms with Gasteiger partial charge in [0.2, 0.25) is 0 Å². The van der Waals surface area contributed by atoms with Crippen LogP contribution < -0.4 is 4.90 Å². The van der Waals surface area contributed by atoms with Gasteiger partial charge in [0, 0.05) is 19.3 Å². The molecule has 1 aliphatic rings. The average Bonchev–Trinajstić information content (AvgIpc) is 2.39. The summed E-state index contributed by atoms with van der Waals surface area (Å²) in [5.74, 6) is -0.915. The highest BCUT2D eigenvalue weighted by Crippen LogP contribution is 2.22. The summed E-state index contributed by atoms with van der Waals surface area (Å²) >= 11 is 0. The van der Waals surface area contributed by atoms with E-state index in [1.54, 1.807) is 6.20 Å². The largest absolute Gasteiger partial charge is 0.478 e. The Labute approximate surface area is 100 Å². The molecule has 1 aromatic rings. The number of ether oxygens (including phenoxy) is 1. The molecule has 5 nitrogen and oxygen atoms in total. The SMILES string of the molecule is CCC1CN(c2cnccc2C(=O)O)CCO1. The van der Waals surface area contributed by atoms with Crippen molar-refractivity contribution in [3.63, 3.8) is 0 Å². The maximum absolute atomic E-state index is 11.1. The Bertz CT molecular complexity index is 408. The minimum absolute atomic E-state index is 0.172. The molecule has 92 valence electrons. The van der Waals surface area contributed by atoms with Crippen LogP contribution in [0.2, 0.25) is 0 Å². The van der Waals surface area contributed by atoms with E-state index in [4.69, 9.17) is 9.84 Å². The molecule has 1 unspecified atom stereocenters. The Morgan fingerprint density at radius 3 is 3.24 bits per heavy atom. The van der Waals surface area contributed by atoms with Crippen LogP contribution in [0.5, 0.6) is 0 Å². The van der Waals surface area contributed by atoms with Crippen LogP contribution in [-0.4, -0.2) is 41.9 Å². The molecule has 17 heavy (non-hydrogen) atoms. The first kappa shape index (κ1) is 11.9. The molecule has 1 aromatic heterocycles. The summed E-state index contributed by atoms with van der Waals surface area (Å²) in [4.78, 5) is 17.2. The van der Waals surface area contributed by atoms with Crippen molar-refractivity contribution in [1.29, 1.82) is 0 Å². The van der Waals surface area contributed by atoms with E-state index < -0.39 is 5.97 Å². The predicted molar refractivity (Wildman–Crippen MR) is 63.4 cm³/mol. The molecular formula is C12H16N2O3. The minimum atomic E-state index is -0.915. The molecule has 1 N–H and O–H groups in total. The molecule has 1 atom stereocenters. The molecular weight excluding hydrogens is 220 g/mol. The number of carboxylic acid groups (broad SMARTS) is 1. The van der Waals surface area contributed by atoms with E-state index >= 15 is 0 Å². The third kappa shape index (κ3) is 2.55. The fraction of sp³-hybridized carbons (Fsp3) is 0.500. The molecule has 1 fully saturated rings. The molecule has 0 bridgehead atoms. The number of hydrogen-bond donors (Lipinski definition) is 1. The van der Waals surface area contributed by atoms with Crippen LogP contribution in [0.3, 0.4) is 0 Å². The van der Waals surface area contributed by atoms with Gasteiger partial charge in [-0.1, -0.05) is 6.92 Å². The standard InChI is InChI=1S/C12H16N2O3/c1-2-9-8-14(5-6-17-9)11-7-13-4-3-10(11)12(15)16/h3-4,7,9H,2,5-6,8H2,1H3,(H,15,16). The summed E-state index contributed by atoms with van der Waals surface area (Å²) in [6, 6.07) is 1.54. The zero-order chi connectivity index (χ0) is 12.3. The first-order valence-corrected chi connectivity index (χ1v) is 5.76. The molecule has 5 heteroatoms. The maximum Gasteiger partial charge on any atom is 0.337 e. The van der Waals surface area contributed by atoms with Gasteiger partial charge in [-0.05, 0) is 12.5 Å². The summed E-state index contributed by atoms with van der Waals surface area (Å²) < 4.78 is 5.57. The number of aromatic carboxylic acids is 1. The van der Waals surface area contributed by atoms with Gasteiger partial charge in [-0.25, -0.2) is 4.79 Å². The van der Waals surface area contributed by atoms with Gasteiger partial charge in [0.05, 0.1) is 30.2 Å². The minimum Gasteiger partial charge on any atom is -0.478 e. The van der Waals surface area contributed by atoms with Crippen LogP contribution in [0.1, 0.15) is 23.7 Å². The van der Waals surface area contributed by atoms with Crippen molar-refractivity contribution in [3.8, 4) is 0 Å². The molecule has 0 aliphatic carbocycles. The van der Waals surface area contributed by atoms with Crippen molar-refractivity contribution in [2.45, 2.75) is 19.4 Å². The lowest BCUT2D eigenvalue weighted by atomic mass is 10.1. The van der Waals surface area contributed by atoms with E-state index in [2.05, 4.69) is 11.9 Å². The van der Waals surface area contributed by atoms with Crippen molar-refractivity contribution >= 4 is 11.7 Å². The quantitative estimate of drug-likeness (QED) is 0.859. The number of hydrogen-bond acceptors (Lipinski definition) is 4. The monoisotopic (exact) mass is 236 g/mol.